The quantitative estimate of drug-likeness (QED) is 0.296. The second-order valence-electron chi connectivity index (χ2n) is 9.73. The van der Waals surface area contributed by atoms with Crippen molar-refractivity contribution < 1.29 is 38.9 Å². The number of aromatic nitrogens is 2. The molecule has 0 saturated carbocycles. The van der Waals surface area contributed by atoms with E-state index in [2.05, 4.69) is 25.9 Å². The zero-order valence-corrected chi connectivity index (χ0v) is 21.4. The first-order valence-electron chi connectivity index (χ1n) is 12.6. The fraction of sp³-hybridized carbons (Fsp3) is 0.462. The first kappa shape index (κ1) is 27.9. The summed E-state index contributed by atoms with van der Waals surface area (Å²) in [6.45, 7) is 3.33. The van der Waals surface area contributed by atoms with Crippen LogP contribution in [0.2, 0.25) is 0 Å². The summed E-state index contributed by atoms with van der Waals surface area (Å²) >= 11 is 0. The summed E-state index contributed by atoms with van der Waals surface area (Å²) in [5, 5.41) is 29.2. The van der Waals surface area contributed by atoms with Crippen molar-refractivity contribution in [1.82, 2.24) is 25.9 Å². The molecule has 4 rings (SSSR count). The molecule has 13 nitrogen and oxygen atoms in total. The van der Waals surface area contributed by atoms with E-state index in [-0.39, 0.29) is 25.3 Å². The number of esters is 1. The summed E-state index contributed by atoms with van der Waals surface area (Å²) < 4.78 is 10.7. The van der Waals surface area contributed by atoms with E-state index in [0.717, 1.165) is 0 Å². The molecule has 6 atom stereocenters. The number of aromatic hydroxyl groups is 1. The van der Waals surface area contributed by atoms with Gasteiger partial charge in [0.2, 0.25) is 5.91 Å². The fourth-order valence-corrected chi connectivity index (χ4v) is 4.40. The van der Waals surface area contributed by atoms with Crippen molar-refractivity contribution in [2.24, 2.45) is 11.8 Å². The third-order valence-corrected chi connectivity index (χ3v) is 6.84. The van der Waals surface area contributed by atoms with Crippen molar-refractivity contribution in [3.8, 4) is 5.75 Å². The summed E-state index contributed by atoms with van der Waals surface area (Å²) in [6.07, 6.45) is 1.93. The summed E-state index contributed by atoms with van der Waals surface area (Å²) in [6, 6.07) is 2.83. The van der Waals surface area contributed by atoms with Crippen LogP contribution in [-0.2, 0) is 30.3 Å². The fourth-order valence-electron chi connectivity index (χ4n) is 4.40. The molecule has 2 saturated heterocycles. The molecule has 2 aliphatic heterocycles. The van der Waals surface area contributed by atoms with Crippen molar-refractivity contribution in [3.63, 3.8) is 0 Å². The van der Waals surface area contributed by atoms with Gasteiger partial charge in [-0.25, -0.2) is 4.98 Å². The summed E-state index contributed by atoms with van der Waals surface area (Å²) in [7, 11) is 0. The number of aliphatic hydroxyl groups is 1. The number of aliphatic hydroxyl groups excluding tert-OH is 1. The van der Waals surface area contributed by atoms with Crippen LogP contribution in [-0.4, -0.2) is 87.4 Å². The Balaban J connectivity index is 1.67. The number of nitrogens with zero attached hydrogens (tertiary/aromatic N) is 2. The van der Waals surface area contributed by atoms with E-state index < -0.39 is 71.6 Å². The third kappa shape index (κ3) is 6.49. The molecule has 0 spiro atoms. The maximum atomic E-state index is 13.6. The van der Waals surface area contributed by atoms with Gasteiger partial charge in [-0.2, -0.15) is 0 Å². The Kier molecular flexibility index (Phi) is 8.72. The molecule has 2 aromatic rings. The van der Waals surface area contributed by atoms with Gasteiger partial charge in [-0.05, 0) is 44.0 Å². The second kappa shape index (κ2) is 12.2. The maximum absolute atomic E-state index is 13.6. The Labute approximate surface area is 224 Å². The number of pyridine rings is 2. The Hall–Kier alpha value is -4.10. The van der Waals surface area contributed by atoms with E-state index in [9.17, 15) is 29.4 Å². The summed E-state index contributed by atoms with van der Waals surface area (Å²) in [5.74, 6) is -4.98. The molecule has 0 aromatic carbocycles. The van der Waals surface area contributed by atoms with E-state index in [4.69, 9.17) is 9.47 Å². The van der Waals surface area contributed by atoms with Crippen molar-refractivity contribution in [3.05, 3.63) is 54.1 Å². The molecule has 2 fully saturated rings. The Morgan fingerprint density at radius 2 is 1.85 bits per heavy atom. The zero-order chi connectivity index (χ0) is 28.1. The molecule has 0 radical (unpaired) electrons. The number of amides is 3. The minimum atomic E-state index is -1.41. The molecule has 13 heteroatoms. The lowest BCUT2D eigenvalue weighted by molar-refractivity contribution is -0.178. The second-order valence-corrected chi connectivity index (χ2v) is 9.73. The van der Waals surface area contributed by atoms with Crippen LogP contribution in [0.25, 0.3) is 0 Å². The monoisotopic (exact) mass is 541 g/mol. The molecule has 2 aliphatic rings. The highest BCUT2D eigenvalue weighted by atomic mass is 16.6. The molecule has 0 bridgehead atoms. The molecule has 208 valence electrons. The van der Waals surface area contributed by atoms with E-state index in [1.165, 1.54) is 32.2 Å². The lowest BCUT2D eigenvalue weighted by atomic mass is 9.92. The number of rotatable bonds is 5. The lowest BCUT2D eigenvalue weighted by Gasteiger charge is -2.36. The maximum Gasteiger partial charge on any atom is 0.312 e. The first-order chi connectivity index (χ1) is 18.7. The minimum Gasteiger partial charge on any atom is -0.505 e. The van der Waals surface area contributed by atoms with Crippen LogP contribution < -0.4 is 16.0 Å². The molecule has 1 unspecified atom stereocenters. The average Bonchev–Trinajstić information content (AvgIpc) is 2.89. The van der Waals surface area contributed by atoms with Crippen molar-refractivity contribution in [1.29, 1.82) is 0 Å². The van der Waals surface area contributed by atoms with E-state index >= 15 is 0 Å². The number of ether oxygens (including phenoxy) is 2. The summed E-state index contributed by atoms with van der Waals surface area (Å²) in [4.78, 5) is 60.6. The summed E-state index contributed by atoms with van der Waals surface area (Å²) in [5.41, 5.74) is 0.369. The number of hydrogen-bond donors (Lipinski definition) is 5. The Morgan fingerprint density at radius 1 is 1.10 bits per heavy atom. The molecule has 2 aromatic heterocycles. The zero-order valence-electron chi connectivity index (χ0n) is 21.4. The van der Waals surface area contributed by atoms with Crippen molar-refractivity contribution >= 4 is 23.7 Å². The Bertz CT molecular complexity index is 1210. The number of cyclic esters (lactones) is 1. The largest absolute Gasteiger partial charge is 0.505 e. The lowest BCUT2D eigenvalue weighted by Crippen LogP contribution is -2.63. The highest BCUT2D eigenvalue weighted by molar-refractivity contribution is 5.98. The average molecular weight is 542 g/mol. The molecule has 0 aliphatic carbocycles. The van der Waals surface area contributed by atoms with Gasteiger partial charge in [-0.1, -0.05) is 6.07 Å². The van der Waals surface area contributed by atoms with Crippen LogP contribution >= 0.6 is 0 Å². The van der Waals surface area contributed by atoms with Gasteiger partial charge in [0.15, 0.2) is 11.8 Å². The van der Waals surface area contributed by atoms with Gasteiger partial charge in [-0.3, -0.25) is 24.2 Å². The first-order valence-corrected chi connectivity index (χ1v) is 12.6. The van der Waals surface area contributed by atoms with Gasteiger partial charge in [0.25, 0.3) is 11.8 Å². The minimum absolute atomic E-state index is 0.112. The SMILES string of the molecule is C[C@H]1NC(=O)C(C2COC2)OC(=O)[C@H](C)[C@H](O)[C@H](Cc2cccnc2)NC(=O)[C@H]1NC(=O)c1ncccc1O. The van der Waals surface area contributed by atoms with Gasteiger partial charge in [0.05, 0.1) is 43.2 Å². The number of carbonyl (C=O) groups is 4. The van der Waals surface area contributed by atoms with Gasteiger partial charge < -0.3 is 35.6 Å². The normalized spacial score (nSPS) is 28.5. The number of hydrogen-bond acceptors (Lipinski definition) is 10. The van der Waals surface area contributed by atoms with Gasteiger partial charge in [0.1, 0.15) is 11.8 Å². The van der Waals surface area contributed by atoms with Crippen LogP contribution in [0, 0.1) is 11.8 Å². The predicted octanol–water partition coefficient (Wildman–Crippen LogP) is -0.918. The highest BCUT2D eigenvalue weighted by Crippen LogP contribution is 2.22. The molecule has 4 heterocycles. The van der Waals surface area contributed by atoms with Gasteiger partial charge in [-0.15, -0.1) is 0 Å². The highest BCUT2D eigenvalue weighted by Gasteiger charge is 2.43. The predicted molar refractivity (Wildman–Crippen MR) is 134 cm³/mol. The number of carbonyl (C=O) groups excluding carboxylic acids is 4. The topological polar surface area (TPSA) is 189 Å². The van der Waals surface area contributed by atoms with Gasteiger partial charge >= 0.3 is 5.97 Å². The third-order valence-electron chi connectivity index (χ3n) is 6.84. The van der Waals surface area contributed by atoms with Crippen LogP contribution in [0.4, 0.5) is 0 Å². The molecule has 39 heavy (non-hydrogen) atoms. The van der Waals surface area contributed by atoms with E-state index in [1.807, 2.05) is 0 Å². The van der Waals surface area contributed by atoms with Gasteiger partial charge in [0, 0.05) is 18.6 Å². The van der Waals surface area contributed by atoms with Crippen LogP contribution in [0.5, 0.6) is 5.75 Å². The molecule has 5 N–H and O–H groups in total. The molecular weight excluding hydrogens is 510 g/mol. The Morgan fingerprint density at radius 3 is 2.49 bits per heavy atom. The van der Waals surface area contributed by atoms with Crippen molar-refractivity contribution in [2.75, 3.05) is 13.2 Å². The van der Waals surface area contributed by atoms with Crippen LogP contribution in [0.1, 0.15) is 29.9 Å². The smallest absolute Gasteiger partial charge is 0.312 e. The standard InChI is InChI=1S/C26H31N5O8/c1-13-21(33)17(9-15-5-3-7-27-10-15)30-23(34)19(31-24(35)20-18(32)6-4-8-28-20)14(2)29-25(36)22(39-26(13)37)16-11-38-12-16/h3-8,10,13-14,16-17,19,21-22,32-33H,9,11-12H2,1-2H3,(H,29,36)(H,30,34)(H,31,35)/t13-,14-,17+,19+,21+,22?/m1/s1. The molecule has 3 amide bonds. The van der Waals surface area contributed by atoms with E-state index in [0.29, 0.717) is 5.56 Å². The van der Waals surface area contributed by atoms with Crippen LogP contribution in [0.3, 0.4) is 0 Å². The number of nitrogens with one attached hydrogen (secondary N) is 3. The van der Waals surface area contributed by atoms with Crippen molar-refractivity contribution in [2.45, 2.75) is 50.6 Å². The molecular formula is C26H31N5O8. The van der Waals surface area contributed by atoms with Crippen LogP contribution in [0.15, 0.2) is 42.9 Å². The van der Waals surface area contributed by atoms with E-state index in [1.54, 1.807) is 24.5 Å².